The van der Waals surface area contributed by atoms with Crippen LogP contribution < -0.4 is 10.2 Å². The van der Waals surface area contributed by atoms with E-state index < -0.39 is 32.4 Å². The number of carbonyl (C=O) groups excluding carboxylic acids is 1. The fourth-order valence-electron chi connectivity index (χ4n) is 4.00. The molecule has 7 nitrogen and oxygen atoms in total. The van der Waals surface area contributed by atoms with Crippen molar-refractivity contribution in [2.24, 2.45) is 5.92 Å². The Morgan fingerprint density at radius 1 is 1.07 bits per heavy atom. The van der Waals surface area contributed by atoms with E-state index in [0.29, 0.717) is 12.2 Å². The highest BCUT2D eigenvalue weighted by atomic mass is 32.2. The summed E-state index contributed by atoms with van der Waals surface area (Å²) < 4.78 is 38.8. The van der Waals surface area contributed by atoms with E-state index in [4.69, 9.17) is 14.7 Å². The number of fused-ring (bicyclic) bond motifs is 2. The van der Waals surface area contributed by atoms with Gasteiger partial charge in [-0.2, -0.15) is 0 Å². The van der Waals surface area contributed by atoms with E-state index in [0.717, 1.165) is 0 Å². The van der Waals surface area contributed by atoms with Crippen LogP contribution in [0, 0.1) is 5.92 Å². The van der Waals surface area contributed by atoms with Gasteiger partial charge < -0.3 is 9.47 Å². The molecule has 0 saturated carbocycles. The number of hydrogen-bond acceptors (Lipinski definition) is 6. The average Bonchev–Trinajstić information content (AvgIpc) is 3.24. The van der Waals surface area contributed by atoms with Gasteiger partial charge in [-0.25, -0.2) is 13.9 Å². The molecule has 2 fully saturated rings. The molecule has 2 aliphatic heterocycles. The van der Waals surface area contributed by atoms with Gasteiger partial charge in [0, 0.05) is 12.8 Å². The van der Waals surface area contributed by atoms with Gasteiger partial charge in [0.1, 0.15) is 5.75 Å². The van der Waals surface area contributed by atoms with Gasteiger partial charge in [0.2, 0.25) is 15.6 Å². The third-order valence-corrected chi connectivity index (χ3v) is 7.62. The highest BCUT2D eigenvalue weighted by Gasteiger charge is 2.71. The molecule has 2 saturated heterocycles. The number of amides is 1. The highest BCUT2D eigenvalue weighted by Crippen LogP contribution is 2.58. The smallest absolute Gasteiger partial charge is 0.250 e. The van der Waals surface area contributed by atoms with Gasteiger partial charge in [-0.15, -0.1) is 0 Å². The number of carbonyl (C=O) groups is 1. The molecular weight excluding hydrogens is 370 g/mol. The molecule has 3 unspecified atom stereocenters. The van der Waals surface area contributed by atoms with Crippen LogP contribution in [0.1, 0.15) is 19.3 Å². The maximum Gasteiger partial charge on any atom is 0.250 e. The quantitative estimate of drug-likeness (QED) is 0.601. The van der Waals surface area contributed by atoms with Crippen LogP contribution in [0.2, 0.25) is 0 Å². The molecule has 2 bridgehead atoms. The Morgan fingerprint density at radius 3 is 2.33 bits per heavy atom. The Bertz CT molecular complexity index is 949. The van der Waals surface area contributed by atoms with Crippen LogP contribution in [0.4, 0.5) is 0 Å². The van der Waals surface area contributed by atoms with Crippen LogP contribution in [0.25, 0.3) is 0 Å². The second-order valence-corrected chi connectivity index (χ2v) is 8.96. The number of ether oxygens (including phenoxy) is 2. The third kappa shape index (κ3) is 2.72. The summed E-state index contributed by atoms with van der Waals surface area (Å²) >= 11 is 0. The van der Waals surface area contributed by atoms with Crippen LogP contribution in [-0.4, -0.2) is 30.3 Å². The van der Waals surface area contributed by atoms with Gasteiger partial charge in [-0.3, -0.25) is 10.0 Å². The molecule has 2 heterocycles. The molecule has 2 aliphatic rings. The standard InChI is InChI=1S/C19H19NO6S/c21-17(20-22)16-13-18(25-14-7-3-1-4-8-14)11-12-19(16,26-18)27(23,24)15-9-5-2-6-10-15/h1-10,16,22H,11-13H2,(H,20,21). The van der Waals surface area contributed by atoms with Crippen molar-refractivity contribution < 1.29 is 27.9 Å². The number of benzene rings is 2. The fraction of sp³-hybridized carbons (Fsp3) is 0.316. The normalized spacial score (nSPS) is 29.4. The molecular formula is C19H19NO6S. The van der Waals surface area contributed by atoms with E-state index in [1.165, 1.54) is 12.1 Å². The Morgan fingerprint density at radius 2 is 1.70 bits per heavy atom. The molecule has 0 aromatic heterocycles. The molecule has 2 N–H and O–H groups in total. The summed E-state index contributed by atoms with van der Waals surface area (Å²) in [7, 11) is -4.02. The zero-order chi connectivity index (χ0) is 19.1. The largest absolute Gasteiger partial charge is 0.462 e. The molecule has 0 radical (unpaired) electrons. The predicted octanol–water partition coefficient (Wildman–Crippen LogP) is 2.27. The Labute approximate surface area is 156 Å². The monoisotopic (exact) mass is 389 g/mol. The molecule has 4 rings (SSSR count). The first-order chi connectivity index (χ1) is 12.9. The molecule has 2 aromatic rings. The van der Waals surface area contributed by atoms with Crippen molar-refractivity contribution in [3.05, 3.63) is 60.7 Å². The summed E-state index contributed by atoms with van der Waals surface area (Å²) in [4.78, 5) is 10.6. The molecule has 1 amide bonds. The number of nitrogens with one attached hydrogen (secondary N) is 1. The summed E-state index contributed by atoms with van der Waals surface area (Å²) in [5, 5.41) is 9.16. The third-order valence-electron chi connectivity index (χ3n) is 5.24. The topological polar surface area (TPSA) is 102 Å². The van der Waals surface area contributed by atoms with E-state index in [2.05, 4.69) is 0 Å². The van der Waals surface area contributed by atoms with Gasteiger partial charge in [0.05, 0.1) is 10.8 Å². The van der Waals surface area contributed by atoms with E-state index >= 15 is 0 Å². The van der Waals surface area contributed by atoms with Crippen LogP contribution in [-0.2, 0) is 19.4 Å². The summed E-state index contributed by atoms with van der Waals surface area (Å²) in [5.41, 5.74) is 1.58. The van der Waals surface area contributed by atoms with Crippen molar-refractivity contribution in [3.8, 4) is 5.75 Å². The maximum atomic E-state index is 13.4. The van der Waals surface area contributed by atoms with Gasteiger partial charge in [0.15, 0.2) is 4.93 Å². The number of sulfone groups is 1. The molecule has 0 aliphatic carbocycles. The predicted molar refractivity (Wildman–Crippen MR) is 94.5 cm³/mol. The van der Waals surface area contributed by atoms with Crippen molar-refractivity contribution in [1.29, 1.82) is 0 Å². The molecule has 27 heavy (non-hydrogen) atoms. The van der Waals surface area contributed by atoms with Crippen molar-refractivity contribution in [1.82, 2.24) is 5.48 Å². The fourth-order valence-corrected chi connectivity index (χ4v) is 6.11. The minimum atomic E-state index is -4.02. The zero-order valence-electron chi connectivity index (χ0n) is 14.4. The Hall–Kier alpha value is -2.42. The maximum absolute atomic E-state index is 13.4. The van der Waals surface area contributed by atoms with Crippen molar-refractivity contribution >= 4 is 15.7 Å². The van der Waals surface area contributed by atoms with E-state index in [-0.39, 0.29) is 17.7 Å². The van der Waals surface area contributed by atoms with Gasteiger partial charge in [-0.05, 0) is 30.7 Å². The van der Waals surface area contributed by atoms with Crippen molar-refractivity contribution in [2.45, 2.75) is 34.9 Å². The van der Waals surface area contributed by atoms with E-state index in [9.17, 15) is 13.2 Å². The summed E-state index contributed by atoms with van der Waals surface area (Å²) in [5.74, 6) is -2.60. The summed E-state index contributed by atoms with van der Waals surface area (Å²) in [6.45, 7) is 0. The van der Waals surface area contributed by atoms with Crippen LogP contribution in [0.3, 0.4) is 0 Å². The van der Waals surface area contributed by atoms with Crippen LogP contribution in [0.15, 0.2) is 65.6 Å². The minimum absolute atomic E-state index is 0.0281. The van der Waals surface area contributed by atoms with E-state index in [1.807, 2.05) is 6.07 Å². The van der Waals surface area contributed by atoms with Gasteiger partial charge in [-0.1, -0.05) is 36.4 Å². The van der Waals surface area contributed by atoms with Crippen LogP contribution in [0.5, 0.6) is 5.75 Å². The Balaban J connectivity index is 1.76. The van der Waals surface area contributed by atoms with Gasteiger partial charge in [0.25, 0.3) is 5.91 Å². The van der Waals surface area contributed by atoms with Crippen molar-refractivity contribution in [2.75, 3.05) is 0 Å². The second-order valence-electron chi connectivity index (χ2n) is 6.79. The molecule has 142 valence electrons. The van der Waals surface area contributed by atoms with Gasteiger partial charge >= 0.3 is 0 Å². The lowest BCUT2D eigenvalue weighted by Gasteiger charge is -2.30. The molecule has 3 atom stereocenters. The first-order valence-electron chi connectivity index (χ1n) is 8.60. The Kier molecular flexibility index (Phi) is 4.21. The highest BCUT2D eigenvalue weighted by molar-refractivity contribution is 7.92. The summed E-state index contributed by atoms with van der Waals surface area (Å²) in [6.07, 6.45) is 0.443. The second kappa shape index (κ2) is 6.33. The summed E-state index contributed by atoms with van der Waals surface area (Å²) in [6, 6.07) is 16.8. The number of rotatable bonds is 5. The lowest BCUT2D eigenvalue weighted by Crippen LogP contribution is -2.49. The molecule has 2 aromatic carbocycles. The zero-order valence-corrected chi connectivity index (χ0v) is 15.2. The van der Waals surface area contributed by atoms with Crippen LogP contribution >= 0.6 is 0 Å². The lowest BCUT2D eigenvalue weighted by atomic mass is 9.86. The first-order valence-corrected chi connectivity index (χ1v) is 10.1. The number of para-hydroxylation sites is 1. The number of hydroxylamine groups is 1. The van der Waals surface area contributed by atoms with Crippen molar-refractivity contribution in [3.63, 3.8) is 0 Å². The molecule has 8 heteroatoms. The molecule has 0 spiro atoms. The van der Waals surface area contributed by atoms with E-state index in [1.54, 1.807) is 47.9 Å². The SMILES string of the molecule is O=C(NO)C1CC2(Oc3ccccc3)CCC1(S(=O)(=O)c1ccccc1)O2. The lowest BCUT2D eigenvalue weighted by molar-refractivity contribution is -0.145. The first kappa shape index (κ1) is 18.0. The average molecular weight is 389 g/mol. The number of hydrogen-bond donors (Lipinski definition) is 2. The minimum Gasteiger partial charge on any atom is -0.462 e.